The highest BCUT2D eigenvalue weighted by molar-refractivity contribution is 5.43. The Hall–Kier alpha value is -1.81. The van der Waals surface area contributed by atoms with Crippen LogP contribution in [0.3, 0.4) is 0 Å². The Morgan fingerprint density at radius 2 is 1.95 bits per heavy atom. The lowest BCUT2D eigenvalue weighted by molar-refractivity contribution is 0.225. The molecule has 4 heteroatoms. The number of aromatic nitrogens is 1. The fourth-order valence-corrected chi connectivity index (χ4v) is 4.01. The van der Waals surface area contributed by atoms with E-state index in [1.807, 2.05) is 6.92 Å². The van der Waals surface area contributed by atoms with E-state index in [0.717, 1.165) is 42.7 Å². The Morgan fingerprint density at radius 1 is 1.09 bits per heavy atom. The number of rotatable bonds is 3. The maximum Gasteiger partial charge on any atom is 0.129 e. The molecule has 2 aromatic heterocycles. The number of aryl methyl sites for hydroxylation is 2. The third kappa shape index (κ3) is 2.41. The molecule has 2 aliphatic rings. The summed E-state index contributed by atoms with van der Waals surface area (Å²) in [7, 11) is 0. The van der Waals surface area contributed by atoms with Crippen LogP contribution in [0, 0.1) is 13.8 Å². The molecule has 0 radical (unpaired) electrons. The lowest BCUT2D eigenvalue weighted by atomic mass is 10.1. The summed E-state index contributed by atoms with van der Waals surface area (Å²) >= 11 is 0. The first kappa shape index (κ1) is 13.8. The Balaban J connectivity index is 1.49. The van der Waals surface area contributed by atoms with Crippen LogP contribution in [0.25, 0.3) is 0 Å². The van der Waals surface area contributed by atoms with E-state index in [1.165, 1.54) is 12.8 Å². The van der Waals surface area contributed by atoms with Crippen LogP contribution < -0.4 is 4.90 Å². The van der Waals surface area contributed by atoms with Crippen LogP contribution in [0.4, 0.5) is 5.82 Å². The van der Waals surface area contributed by atoms with Gasteiger partial charge < -0.3 is 9.32 Å². The van der Waals surface area contributed by atoms with E-state index in [-0.39, 0.29) is 0 Å². The number of anilines is 1. The number of hydrogen-bond acceptors (Lipinski definition) is 4. The topological polar surface area (TPSA) is 32.5 Å². The molecule has 4 nitrogen and oxygen atoms in total. The minimum atomic E-state index is 0.602. The Kier molecular flexibility index (Phi) is 3.41. The van der Waals surface area contributed by atoms with Crippen LogP contribution in [0.15, 0.2) is 34.7 Å². The van der Waals surface area contributed by atoms with Gasteiger partial charge in [0.15, 0.2) is 0 Å². The molecule has 0 spiro atoms. The summed E-state index contributed by atoms with van der Waals surface area (Å²) in [6.45, 7) is 7.27. The van der Waals surface area contributed by atoms with Gasteiger partial charge in [0.25, 0.3) is 0 Å². The smallest absolute Gasteiger partial charge is 0.129 e. The molecule has 0 N–H and O–H groups in total. The monoisotopic (exact) mass is 297 g/mol. The largest absolute Gasteiger partial charge is 0.465 e. The molecule has 0 saturated carbocycles. The summed E-state index contributed by atoms with van der Waals surface area (Å²) < 4.78 is 5.75. The van der Waals surface area contributed by atoms with Crippen molar-refractivity contribution in [1.82, 2.24) is 9.88 Å². The maximum absolute atomic E-state index is 5.75. The minimum absolute atomic E-state index is 0.602. The number of nitrogens with zero attached hydrogens (tertiary/aromatic N) is 3. The van der Waals surface area contributed by atoms with E-state index >= 15 is 0 Å². The van der Waals surface area contributed by atoms with E-state index in [1.54, 1.807) is 0 Å². The molecular weight excluding hydrogens is 274 g/mol. The van der Waals surface area contributed by atoms with Gasteiger partial charge in [0, 0.05) is 30.9 Å². The Labute approximate surface area is 131 Å². The second-order valence-corrected chi connectivity index (χ2v) is 6.53. The first-order valence-corrected chi connectivity index (χ1v) is 8.20. The van der Waals surface area contributed by atoms with Crippen molar-refractivity contribution in [3.63, 3.8) is 0 Å². The maximum atomic E-state index is 5.75. The molecule has 22 heavy (non-hydrogen) atoms. The van der Waals surface area contributed by atoms with Crippen LogP contribution in [0.2, 0.25) is 0 Å². The molecular formula is C18H23N3O. The molecule has 4 heterocycles. The van der Waals surface area contributed by atoms with Gasteiger partial charge in [0.2, 0.25) is 0 Å². The van der Waals surface area contributed by atoms with Gasteiger partial charge in [-0.15, -0.1) is 0 Å². The zero-order chi connectivity index (χ0) is 15.1. The van der Waals surface area contributed by atoms with E-state index < -0.39 is 0 Å². The molecule has 0 bridgehead atoms. The predicted octanol–water partition coefficient (Wildman–Crippen LogP) is 3.14. The summed E-state index contributed by atoms with van der Waals surface area (Å²) in [5, 5.41) is 0. The third-order valence-corrected chi connectivity index (χ3v) is 5.01. The average molecular weight is 297 g/mol. The van der Waals surface area contributed by atoms with Crippen molar-refractivity contribution in [2.45, 2.75) is 45.3 Å². The fourth-order valence-electron chi connectivity index (χ4n) is 4.01. The van der Waals surface area contributed by atoms with Gasteiger partial charge in [-0.3, -0.25) is 4.90 Å². The van der Waals surface area contributed by atoms with Crippen molar-refractivity contribution >= 4 is 5.82 Å². The number of hydrogen-bond donors (Lipinski definition) is 0. The quantitative estimate of drug-likeness (QED) is 0.871. The van der Waals surface area contributed by atoms with Crippen LogP contribution in [0.1, 0.15) is 30.1 Å². The van der Waals surface area contributed by atoms with E-state index in [9.17, 15) is 0 Å². The molecule has 0 aliphatic carbocycles. The van der Waals surface area contributed by atoms with Crippen molar-refractivity contribution in [3.8, 4) is 0 Å². The normalized spacial score (nSPS) is 24.9. The zero-order valence-corrected chi connectivity index (χ0v) is 13.3. The van der Waals surface area contributed by atoms with Crippen molar-refractivity contribution < 1.29 is 4.42 Å². The van der Waals surface area contributed by atoms with E-state index in [0.29, 0.717) is 12.1 Å². The van der Waals surface area contributed by atoms with Gasteiger partial charge in [-0.25, -0.2) is 4.98 Å². The first-order valence-electron chi connectivity index (χ1n) is 8.20. The summed E-state index contributed by atoms with van der Waals surface area (Å²) in [5.74, 6) is 3.23. The number of likely N-dealkylation sites (tertiary alicyclic amines) is 1. The van der Waals surface area contributed by atoms with Crippen molar-refractivity contribution in [2.24, 2.45) is 0 Å². The highest BCUT2D eigenvalue weighted by atomic mass is 16.3. The molecule has 0 aromatic carbocycles. The average Bonchev–Trinajstić information content (AvgIpc) is 3.17. The van der Waals surface area contributed by atoms with E-state index in [4.69, 9.17) is 9.40 Å². The minimum Gasteiger partial charge on any atom is -0.465 e. The van der Waals surface area contributed by atoms with Crippen LogP contribution in [-0.4, -0.2) is 35.1 Å². The Bertz CT molecular complexity index is 666. The summed E-state index contributed by atoms with van der Waals surface area (Å²) in [5.41, 5.74) is 1.10. The number of furan rings is 1. The fraction of sp³-hybridized carbons (Fsp3) is 0.500. The van der Waals surface area contributed by atoms with Crippen molar-refractivity contribution in [3.05, 3.63) is 47.5 Å². The molecule has 0 unspecified atom stereocenters. The lowest BCUT2D eigenvalue weighted by Gasteiger charge is -2.26. The molecule has 4 rings (SSSR count). The SMILES string of the molecule is Cc1cccc(N2CC[C@H]3[C@H]2CCN3Cc2ccc(C)o2)n1. The van der Waals surface area contributed by atoms with Crippen molar-refractivity contribution in [2.75, 3.05) is 18.0 Å². The van der Waals surface area contributed by atoms with Gasteiger partial charge in [-0.05, 0) is 51.0 Å². The van der Waals surface area contributed by atoms with Crippen LogP contribution in [-0.2, 0) is 6.54 Å². The molecule has 2 fully saturated rings. The zero-order valence-electron chi connectivity index (χ0n) is 13.3. The van der Waals surface area contributed by atoms with Gasteiger partial charge >= 0.3 is 0 Å². The lowest BCUT2D eigenvalue weighted by Crippen LogP contribution is -2.36. The third-order valence-electron chi connectivity index (χ3n) is 5.01. The summed E-state index contributed by atoms with van der Waals surface area (Å²) in [6.07, 6.45) is 2.44. The Morgan fingerprint density at radius 3 is 2.73 bits per heavy atom. The van der Waals surface area contributed by atoms with Gasteiger partial charge in [-0.1, -0.05) is 6.07 Å². The van der Waals surface area contributed by atoms with Gasteiger partial charge in [0.1, 0.15) is 17.3 Å². The second kappa shape index (κ2) is 5.43. The van der Waals surface area contributed by atoms with Crippen molar-refractivity contribution in [1.29, 1.82) is 0 Å². The van der Waals surface area contributed by atoms with Crippen LogP contribution in [0.5, 0.6) is 0 Å². The predicted molar refractivity (Wildman–Crippen MR) is 87.0 cm³/mol. The molecule has 116 valence electrons. The van der Waals surface area contributed by atoms with Crippen LogP contribution >= 0.6 is 0 Å². The van der Waals surface area contributed by atoms with Gasteiger partial charge in [0.05, 0.1) is 6.54 Å². The molecule has 2 saturated heterocycles. The van der Waals surface area contributed by atoms with Gasteiger partial charge in [-0.2, -0.15) is 0 Å². The van der Waals surface area contributed by atoms with E-state index in [2.05, 4.69) is 47.1 Å². The highest BCUT2D eigenvalue weighted by Gasteiger charge is 2.43. The number of pyridine rings is 1. The highest BCUT2D eigenvalue weighted by Crippen LogP contribution is 2.35. The molecule has 0 amide bonds. The molecule has 2 atom stereocenters. The summed E-state index contributed by atoms with van der Waals surface area (Å²) in [4.78, 5) is 9.80. The molecule has 2 aliphatic heterocycles. The second-order valence-electron chi connectivity index (χ2n) is 6.53. The molecule has 2 aromatic rings. The summed E-state index contributed by atoms with van der Waals surface area (Å²) in [6, 6.07) is 11.7. The standard InChI is InChI=1S/C18H23N3O/c1-13-4-3-5-18(19-13)21-11-9-16-17(21)8-10-20(16)12-15-7-6-14(2)22-15/h3-7,16-17H,8-12H2,1-2H3/t16-,17+/m0/s1. The first-order chi connectivity index (χ1) is 10.7. The number of fused-ring (bicyclic) bond motifs is 1.